The number of ether oxygens (including phenoxy) is 1. The number of nitrogens with zero attached hydrogens (tertiary/aromatic N) is 3. The lowest BCUT2D eigenvalue weighted by atomic mass is 9.85. The van der Waals surface area contributed by atoms with Gasteiger partial charge in [0.25, 0.3) is 5.91 Å². The zero-order valence-electron chi connectivity index (χ0n) is 19.1. The lowest BCUT2D eigenvalue weighted by molar-refractivity contribution is 0.0890. The molecular formula is C26H32N4O2. The summed E-state index contributed by atoms with van der Waals surface area (Å²) in [5.41, 5.74) is 3.96. The van der Waals surface area contributed by atoms with Crippen molar-refractivity contribution in [1.29, 1.82) is 0 Å². The van der Waals surface area contributed by atoms with E-state index in [9.17, 15) is 4.79 Å². The molecule has 1 saturated heterocycles. The highest BCUT2D eigenvalue weighted by atomic mass is 16.5. The Bertz CT molecular complexity index is 1030. The molecule has 3 aromatic rings. The first kappa shape index (κ1) is 22.1. The first-order valence-corrected chi connectivity index (χ1v) is 11.3. The van der Waals surface area contributed by atoms with Gasteiger partial charge in [0.05, 0.1) is 25.4 Å². The third kappa shape index (κ3) is 4.86. The van der Waals surface area contributed by atoms with Gasteiger partial charge >= 0.3 is 0 Å². The Kier molecular flexibility index (Phi) is 6.90. The van der Waals surface area contributed by atoms with E-state index >= 15 is 0 Å². The minimum Gasteiger partial charge on any atom is -0.497 e. The maximum absolute atomic E-state index is 13.0. The second-order valence-corrected chi connectivity index (χ2v) is 8.60. The summed E-state index contributed by atoms with van der Waals surface area (Å²) >= 11 is 0. The molecule has 0 aliphatic carbocycles. The van der Waals surface area contributed by atoms with Crippen LogP contribution in [-0.2, 0) is 6.54 Å². The van der Waals surface area contributed by atoms with Gasteiger partial charge in [0.1, 0.15) is 5.75 Å². The quantitative estimate of drug-likeness (QED) is 0.612. The minimum absolute atomic E-state index is 0.0523. The average Bonchev–Trinajstić information content (AvgIpc) is 3.18. The van der Waals surface area contributed by atoms with E-state index in [-0.39, 0.29) is 11.9 Å². The Morgan fingerprint density at radius 3 is 2.62 bits per heavy atom. The van der Waals surface area contributed by atoms with Crippen LogP contribution in [0.1, 0.15) is 46.1 Å². The predicted molar refractivity (Wildman–Crippen MR) is 126 cm³/mol. The number of rotatable bonds is 7. The Balaban J connectivity index is 1.43. The van der Waals surface area contributed by atoms with E-state index in [1.165, 1.54) is 11.1 Å². The van der Waals surface area contributed by atoms with Crippen LogP contribution in [0, 0.1) is 12.8 Å². The molecule has 6 nitrogen and oxygen atoms in total. The van der Waals surface area contributed by atoms with Gasteiger partial charge in [-0.15, -0.1) is 0 Å². The van der Waals surface area contributed by atoms with Crippen molar-refractivity contribution in [2.24, 2.45) is 5.92 Å². The van der Waals surface area contributed by atoms with Gasteiger partial charge in [-0.05, 0) is 62.5 Å². The van der Waals surface area contributed by atoms with Crippen molar-refractivity contribution >= 4 is 5.91 Å². The summed E-state index contributed by atoms with van der Waals surface area (Å²) in [5, 5.41) is 7.64. The number of piperidine rings is 1. The molecule has 1 aromatic heterocycles. The summed E-state index contributed by atoms with van der Waals surface area (Å²) in [7, 11) is 3.85. The van der Waals surface area contributed by atoms with Crippen LogP contribution in [0.2, 0.25) is 0 Å². The lowest BCUT2D eigenvalue weighted by Gasteiger charge is -2.39. The minimum atomic E-state index is -0.0523. The van der Waals surface area contributed by atoms with Gasteiger partial charge in [-0.2, -0.15) is 5.10 Å². The molecule has 1 aliphatic heterocycles. The highest BCUT2D eigenvalue weighted by Crippen LogP contribution is 2.35. The molecule has 4 rings (SSSR count). The van der Waals surface area contributed by atoms with Gasteiger partial charge in [0.2, 0.25) is 0 Å². The first-order chi connectivity index (χ1) is 15.6. The maximum atomic E-state index is 13.0. The van der Waals surface area contributed by atoms with Gasteiger partial charge in [-0.3, -0.25) is 14.4 Å². The van der Waals surface area contributed by atoms with E-state index in [1.807, 2.05) is 41.9 Å². The number of nitrogens with one attached hydrogen (secondary N) is 1. The standard InChI is InChI=1S/C26H32N4O2/c1-19-24(17-28-30(19)18-20-8-5-4-6-9-20)26(31)27-16-22-10-7-15-29(2)25(22)21-11-13-23(32-3)14-12-21/h4-6,8-9,11-14,17,22,25H,7,10,15-16,18H2,1-3H3,(H,27,31). The molecule has 1 aliphatic rings. The monoisotopic (exact) mass is 432 g/mol. The highest BCUT2D eigenvalue weighted by Gasteiger charge is 2.31. The van der Waals surface area contributed by atoms with Gasteiger partial charge in [-0.25, -0.2) is 0 Å². The number of carbonyl (C=O) groups excluding carboxylic acids is 1. The number of hydrogen-bond acceptors (Lipinski definition) is 4. The SMILES string of the molecule is COc1ccc(C2C(CNC(=O)c3cnn(Cc4ccccc4)c3C)CCCN2C)cc1. The van der Waals surface area contributed by atoms with Gasteiger partial charge in [0.15, 0.2) is 0 Å². The number of benzene rings is 2. The van der Waals surface area contributed by atoms with E-state index in [2.05, 4.69) is 46.6 Å². The molecule has 2 atom stereocenters. The van der Waals surface area contributed by atoms with E-state index in [1.54, 1.807) is 13.3 Å². The zero-order chi connectivity index (χ0) is 22.5. The van der Waals surface area contributed by atoms with E-state index in [0.717, 1.165) is 30.8 Å². The van der Waals surface area contributed by atoms with Crippen LogP contribution >= 0.6 is 0 Å². The van der Waals surface area contributed by atoms with Crippen LogP contribution in [-0.4, -0.2) is 47.8 Å². The van der Waals surface area contributed by atoms with Gasteiger partial charge in [-0.1, -0.05) is 42.5 Å². The maximum Gasteiger partial charge on any atom is 0.254 e. The number of amides is 1. The largest absolute Gasteiger partial charge is 0.497 e. The molecule has 0 radical (unpaired) electrons. The molecule has 0 bridgehead atoms. The molecule has 2 unspecified atom stereocenters. The second kappa shape index (κ2) is 10.0. The van der Waals surface area contributed by atoms with Crippen molar-refractivity contribution in [3.05, 3.63) is 83.2 Å². The predicted octanol–water partition coefficient (Wildman–Crippen LogP) is 4.06. The van der Waals surface area contributed by atoms with Crippen LogP contribution in [0.15, 0.2) is 60.8 Å². The molecular weight excluding hydrogens is 400 g/mol. The average molecular weight is 433 g/mol. The topological polar surface area (TPSA) is 59.4 Å². The van der Waals surface area contributed by atoms with Crippen LogP contribution in [0.5, 0.6) is 5.75 Å². The normalized spacial score (nSPS) is 19.0. The van der Waals surface area contributed by atoms with E-state index in [0.29, 0.717) is 24.6 Å². The molecule has 0 saturated carbocycles. The van der Waals surface area contributed by atoms with Crippen molar-refractivity contribution in [2.45, 2.75) is 32.4 Å². The summed E-state index contributed by atoms with van der Waals surface area (Å²) in [6.07, 6.45) is 3.91. The van der Waals surface area contributed by atoms with Crippen LogP contribution in [0.25, 0.3) is 0 Å². The summed E-state index contributed by atoms with van der Waals surface area (Å²) < 4.78 is 7.20. The van der Waals surface area contributed by atoms with Crippen molar-refractivity contribution in [3.63, 3.8) is 0 Å². The fourth-order valence-electron chi connectivity index (χ4n) is 4.71. The third-order valence-corrected chi connectivity index (χ3v) is 6.51. The molecule has 0 spiro atoms. The van der Waals surface area contributed by atoms with Gasteiger partial charge in [0, 0.05) is 18.3 Å². The lowest BCUT2D eigenvalue weighted by Crippen LogP contribution is -2.41. The molecule has 1 N–H and O–H groups in total. The Hall–Kier alpha value is -3.12. The first-order valence-electron chi connectivity index (χ1n) is 11.3. The number of likely N-dealkylation sites (tertiary alicyclic amines) is 1. The second-order valence-electron chi connectivity index (χ2n) is 8.60. The summed E-state index contributed by atoms with van der Waals surface area (Å²) in [5.74, 6) is 1.16. The van der Waals surface area contributed by atoms with Crippen molar-refractivity contribution in [1.82, 2.24) is 20.0 Å². The molecule has 1 amide bonds. The van der Waals surface area contributed by atoms with Crippen molar-refractivity contribution < 1.29 is 9.53 Å². The highest BCUT2D eigenvalue weighted by molar-refractivity contribution is 5.95. The fourth-order valence-corrected chi connectivity index (χ4v) is 4.71. The molecule has 1 fully saturated rings. The number of methoxy groups -OCH3 is 1. The van der Waals surface area contributed by atoms with Gasteiger partial charge < -0.3 is 10.1 Å². The summed E-state index contributed by atoms with van der Waals surface area (Å²) in [6.45, 7) is 4.32. The van der Waals surface area contributed by atoms with Crippen molar-refractivity contribution in [2.75, 3.05) is 27.2 Å². The molecule has 6 heteroatoms. The van der Waals surface area contributed by atoms with E-state index in [4.69, 9.17) is 4.74 Å². The summed E-state index contributed by atoms with van der Waals surface area (Å²) in [4.78, 5) is 15.4. The number of aromatic nitrogens is 2. The zero-order valence-corrected chi connectivity index (χ0v) is 19.1. The Morgan fingerprint density at radius 2 is 1.91 bits per heavy atom. The van der Waals surface area contributed by atoms with Crippen LogP contribution in [0.4, 0.5) is 0 Å². The number of hydrogen-bond donors (Lipinski definition) is 1. The van der Waals surface area contributed by atoms with Crippen molar-refractivity contribution in [3.8, 4) is 5.75 Å². The molecule has 2 aromatic carbocycles. The molecule has 168 valence electrons. The fraction of sp³-hybridized carbons (Fsp3) is 0.385. The van der Waals surface area contributed by atoms with Crippen LogP contribution < -0.4 is 10.1 Å². The Labute approximate surface area is 190 Å². The smallest absolute Gasteiger partial charge is 0.254 e. The molecule has 32 heavy (non-hydrogen) atoms. The third-order valence-electron chi connectivity index (χ3n) is 6.51. The number of carbonyl (C=O) groups is 1. The molecule has 2 heterocycles. The van der Waals surface area contributed by atoms with E-state index < -0.39 is 0 Å². The Morgan fingerprint density at radius 1 is 1.16 bits per heavy atom. The van der Waals surface area contributed by atoms with Crippen LogP contribution in [0.3, 0.4) is 0 Å². The summed E-state index contributed by atoms with van der Waals surface area (Å²) in [6, 6.07) is 18.7.